The lowest BCUT2D eigenvalue weighted by Gasteiger charge is -2.20. The maximum Gasteiger partial charge on any atom is 0.337 e. The molecule has 1 aliphatic heterocycles. The van der Waals surface area contributed by atoms with Crippen LogP contribution in [0.15, 0.2) is 29.5 Å². The summed E-state index contributed by atoms with van der Waals surface area (Å²) in [4.78, 5) is 12.1. The standard InChI is InChI=1S/C17H22N2O4S/c1-11-13(10-18-17(24)19-11)16(20)23-8-4-5-12-6-7-14(21-2)15(9-12)22-3/h6-7,9H,4-5,8,10H2,1-3H3,(H2,18,19,24). The number of allylic oxidation sites excluding steroid dienone is 1. The highest BCUT2D eigenvalue weighted by Crippen LogP contribution is 2.27. The van der Waals surface area contributed by atoms with Gasteiger partial charge in [0.15, 0.2) is 16.6 Å². The van der Waals surface area contributed by atoms with Crippen LogP contribution < -0.4 is 20.1 Å². The van der Waals surface area contributed by atoms with Crippen molar-refractivity contribution in [3.63, 3.8) is 0 Å². The van der Waals surface area contributed by atoms with E-state index in [9.17, 15) is 4.79 Å². The van der Waals surface area contributed by atoms with Gasteiger partial charge in [-0.15, -0.1) is 0 Å². The van der Waals surface area contributed by atoms with Gasteiger partial charge < -0.3 is 24.8 Å². The van der Waals surface area contributed by atoms with Gasteiger partial charge in [0.05, 0.1) is 32.9 Å². The highest BCUT2D eigenvalue weighted by molar-refractivity contribution is 7.80. The van der Waals surface area contributed by atoms with Crippen LogP contribution in [0, 0.1) is 0 Å². The van der Waals surface area contributed by atoms with Crippen LogP contribution in [0.3, 0.4) is 0 Å². The number of hydrogen-bond acceptors (Lipinski definition) is 5. The Kier molecular flexibility index (Phi) is 6.43. The largest absolute Gasteiger partial charge is 0.493 e. The summed E-state index contributed by atoms with van der Waals surface area (Å²) in [5, 5.41) is 6.37. The Hall–Kier alpha value is -2.28. The second kappa shape index (κ2) is 8.54. The normalized spacial score (nSPS) is 13.9. The number of benzene rings is 1. The van der Waals surface area contributed by atoms with Crippen molar-refractivity contribution in [1.82, 2.24) is 10.6 Å². The van der Waals surface area contributed by atoms with Crippen molar-refractivity contribution >= 4 is 23.3 Å². The van der Waals surface area contributed by atoms with Crippen LogP contribution in [0.4, 0.5) is 0 Å². The van der Waals surface area contributed by atoms with Crippen molar-refractivity contribution in [1.29, 1.82) is 0 Å². The lowest BCUT2D eigenvalue weighted by molar-refractivity contribution is -0.139. The van der Waals surface area contributed by atoms with E-state index in [1.807, 2.05) is 25.1 Å². The van der Waals surface area contributed by atoms with E-state index >= 15 is 0 Å². The lowest BCUT2D eigenvalue weighted by atomic mass is 10.1. The summed E-state index contributed by atoms with van der Waals surface area (Å²) >= 11 is 4.99. The number of ether oxygens (including phenoxy) is 3. The Morgan fingerprint density at radius 1 is 1.25 bits per heavy atom. The number of carbonyl (C=O) groups excluding carboxylic acids is 1. The minimum Gasteiger partial charge on any atom is -0.493 e. The highest BCUT2D eigenvalue weighted by atomic mass is 32.1. The fourth-order valence-electron chi connectivity index (χ4n) is 2.38. The average Bonchev–Trinajstić information content (AvgIpc) is 2.58. The number of thiocarbonyl (C=S) groups is 1. The van der Waals surface area contributed by atoms with Gasteiger partial charge in [0.2, 0.25) is 0 Å². The number of carbonyl (C=O) groups is 1. The molecular weight excluding hydrogens is 328 g/mol. The van der Waals surface area contributed by atoms with Gasteiger partial charge in [-0.1, -0.05) is 6.07 Å². The van der Waals surface area contributed by atoms with E-state index in [0.717, 1.165) is 24.1 Å². The van der Waals surface area contributed by atoms with E-state index in [2.05, 4.69) is 10.6 Å². The summed E-state index contributed by atoms with van der Waals surface area (Å²) in [7, 11) is 3.21. The number of methoxy groups -OCH3 is 2. The molecule has 0 spiro atoms. The maximum absolute atomic E-state index is 12.1. The summed E-state index contributed by atoms with van der Waals surface area (Å²) in [5.41, 5.74) is 2.42. The summed E-state index contributed by atoms with van der Waals surface area (Å²) in [6, 6.07) is 5.78. The predicted octanol–water partition coefficient (Wildman–Crippen LogP) is 1.93. The zero-order valence-electron chi connectivity index (χ0n) is 14.1. The van der Waals surface area contributed by atoms with E-state index in [1.54, 1.807) is 14.2 Å². The third-order valence-corrected chi connectivity index (χ3v) is 3.96. The molecule has 0 saturated carbocycles. The number of esters is 1. The van der Waals surface area contributed by atoms with Crippen molar-refractivity contribution in [2.24, 2.45) is 0 Å². The predicted molar refractivity (Wildman–Crippen MR) is 95.3 cm³/mol. The average molecular weight is 350 g/mol. The van der Waals surface area contributed by atoms with Crippen LogP contribution in [0.5, 0.6) is 11.5 Å². The summed E-state index contributed by atoms with van der Waals surface area (Å²) in [5.74, 6) is 1.08. The Morgan fingerprint density at radius 2 is 2.00 bits per heavy atom. The zero-order valence-corrected chi connectivity index (χ0v) is 14.9. The van der Waals surface area contributed by atoms with Gasteiger partial charge in [-0.25, -0.2) is 4.79 Å². The first-order chi connectivity index (χ1) is 11.5. The molecule has 0 atom stereocenters. The molecule has 0 aromatic heterocycles. The molecule has 1 aliphatic rings. The Balaban J connectivity index is 1.82. The molecule has 0 bridgehead atoms. The number of hydrogen-bond donors (Lipinski definition) is 2. The molecule has 1 heterocycles. The van der Waals surface area contributed by atoms with Gasteiger partial charge in [0, 0.05) is 5.70 Å². The first-order valence-corrected chi connectivity index (χ1v) is 8.08. The molecule has 0 saturated heterocycles. The van der Waals surface area contributed by atoms with Crippen LogP contribution >= 0.6 is 12.2 Å². The smallest absolute Gasteiger partial charge is 0.337 e. The number of aryl methyl sites for hydroxylation is 1. The minimum atomic E-state index is -0.317. The third kappa shape index (κ3) is 4.61. The molecule has 0 amide bonds. The topological polar surface area (TPSA) is 68.8 Å². The first-order valence-electron chi connectivity index (χ1n) is 7.67. The van der Waals surface area contributed by atoms with Gasteiger partial charge in [-0.05, 0) is 49.7 Å². The molecule has 130 valence electrons. The molecule has 0 radical (unpaired) electrons. The van der Waals surface area contributed by atoms with Crippen LogP contribution in [-0.4, -0.2) is 38.5 Å². The van der Waals surface area contributed by atoms with Crippen LogP contribution in [0.25, 0.3) is 0 Å². The fourth-order valence-corrected chi connectivity index (χ4v) is 2.61. The van der Waals surface area contributed by atoms with Crippen molar-refractivity contribution in [3.8, 4) is 11.5 Å². The highest BCUT2D eigenvalue weighted by Gasteiger charge is 2.19. The second-order valence-electron chi connectivity index (χ2n) is 5.34. The number of nitrogens with one attached hydrogen (secondary N) is 2. The van der Waals surface area contributed by atoms with Gasteiger partial charge in [-0.2, -0.15) is 0 Å². The monoisotopic (exact) mass is 350 g/mol. The maximum atomic E-state index is 12.1. The molecule has 1 aromatic carbocycles. The summed E-state index contributed by atoms with van der Waals surface area (Å²) in [6.45, 7) is 2.56. The van der Waals surface area contributed by atoms with Crippen molar-refractivity contribution < 1.29 is 19.0 Å². The fraction of sp³-hybridized carbons (Fsp3) is 0.412. The Bertz CT molecular complexity index is 658. The molecule has 6 nitrogen and oxygen atoms in total. The molecule has 7 heteroatoms. The van der Waals surface area contributed by atoms with Crippen molar-refractivity contribution in [2.75, 3.05) is 27.4 Å². The van der Waals surface area contributed by atoms with E-state index in [-0.39, 0.29) is 5.97 Å². The van der Waals surface area contributed by atoms with E-state index < -0.39 is 0 Å². The number of rotatable bonds is 7. The zero-order chi connectivity index (χ0) is 17.5. The minimum absolute atomic E-state index is 0.317. The Labute approximate surface area is 147 Å². The van der Waals surface area contributed by atoms with E-state index in [0.29, 0.717) is 35.3 Å². The quantitative estimate of drug-likeness (QED) is 0.442. The van der Waals surface area contributed by atoms with Gasteiger partial charge in [0.25, 0.3) is 0 Å². The third-order valence-electron chi connectivity index (χ3n) is 3.72. The summed E-state index contributed by atoms with van der Waals surface area (Å²) in [6.07, 6.45) is 1.51. The molecule has 0 fully saturated rings. The van der Waals surface area contributed by atoms with Crippen molar-refractivity contribution in [3.05, 3.63) is 35.0 Å². The van der Waals surface area contributed by atoms with Crippen LogP contribution in [0.1, 0.15) is 18.9 Å². The van der Waals surface area contributed by atoms with Gasteiger partial charge in [0.1, 0.15) is 0 Å². The molecule has 2 N–H and O–H groups in total. The Morgan fingerprint density at radius 3 is 2.67 bits per heavy atom. The molecule has 0 unspecified atom stereocenters. The lowest BCUT2D eigenvalue weighted by Crippen LogP contribution is -2.42. The van der Waals surface area contributed by atoms with Gasteiger partial charge in [-0.3, -0.25) is 0 Å². The van der Waals surface area contributed by atoms with Crippen LogP contribution in [-0.2, 0) is 16.0 Å². The molecule has 1 aromatic rings. The van der Waals surface area contributed by atoms with Crippen molar-refractivity contribution in [2.45, 2.75) is 19.8 Å². The first kappa shape index (κ1) is 18.1. The molecule has 0 aliphatic carbocycles. The summed E-state index contributed by atoms with van der Waals surface area (Å²) < 4.78 is 15.8. The SMILES string of the molecule is COc1ccc(CCCOC(=O)C2=C(C)NC(=S)NC2)cc1OC. The molecule has 2 rings (SSSR count). The molecular formula is C17H22N2O4S. The second-order valence-corrected chi connectivity index (χ2v) is 5.75. The molecule has 24 heavy (non-hydrogen) atoms. The van der Waals surface area contributed by atoms with Crippen LogP contribution in [0.2, 0.25) is 0 Å². The van der Waals surface area contributed by atoms with E-state index in [4.69, 9.17) is 26.4 Å². The van der Waals surface area contributed by atoms with E-state index in [1.165, 1.54) is 0 Å². The van der Waals surface area contributed by atoms with Gasteiger partial charge >= 0.3 is 5.97 Å².